The molecule has 1 aliphatic carbocycles. The van der Waals surface area contributed by atoms with E-state index >= 15 is 0 Å². The lowest BCUT2D eigenvalue weighted by molar-refractivity contribution is 0.323. The Morgan fingerprint density at radius 2 is 2.20 bits per heavy atom. The van der Waals surface area contributed by atoms with E-state index in [0.29, 0.717) is 6.61 Å². The first-order valence-corrected chi connectivity index (χ1v) is 11.4. The summed E-state index contributed by atoms with van der Waals surface area (Å²) in [5, 5.41) is 4.93. The lowest BCUT2D eigenvalue weighted by Gasteiger charge is -2.32. The number of nitrogens with two attached hydrogens (primary N) is 1. The molecular weight excluding hydrogens is 416 g/mol. The second-order valence-electron chi connectivity index (χ2n) is 7.70. The summed E-state index contributed by atoms with van der Waals surface area (Å²) in [6.07, 6.45) is 6.73. The Morgan fingerprint density at radius 1 is 1.30 bits per heavy atom. The first kappa shape index (κ1) is 21.2. The van der Waals surface area contributed by atoms with Crippen molar-refractivity contribution in [2.45, 2.75) is 36.1 Å². The minimum absolute atomic E-state index is 0.143. The van der Waals surface area contributed by atoms with Crippen LogP contribution in [0.2, 0.25) is 5.02 Å². The molecule has 0 spiro atoms. The Morgan fingerprint density at radius 3 is 3.00 bits per heavy atom. The van der Waals surface area contributed by atoms with Gasteiger partial charge in [-0.3, -0.25) is 9.40 Å². The first-order valence-electron chi connectivity index (χ1n) is 10.2. The third-order valence-electron chi connectivity index (χ3n) is 5.47. The van der Waals surface area contributed by atoms with Crippen LogP contribution in [0, 0.1) is 0 Å². The van der Waals surface area contributed by atoms with E-state index in [1.807, 2.05) is 37.6 Å². The van der Waals surface area contributed by atoms with Gasteiger partial charge in [-0.15, -0.1) is 0 Å². The number of nitrogens with one attached hydrogen (secondary N) is 1. The van der Waals surface area contributed by atoms with Gasteiger partial charge in [0.25, 0.3) is 0 Å². The fourth-order valence-electron chi connectivity index (χ4n) is 3.97. The first-order chi connectivity index (χ1) is 14.6. The smallest absolute Gasteiger partial charge is 0.119 e. The van der Waals surface area contributed by atoms with Crippen LogP contribution in [-0.2, 0) is 19.9 Å². The highest BCUT2D eigenvalue weighted by atomic mass is 35.5. The topological polar surface area (TPSA) is 65.1 Å². The number of rotatable bonds is 8. The summed E-state index contributed by atoms with van der Waals surface area (Å²) in [6.45, 7) is 1.33. The van der Waals surface area contributed by atoms with E-state index in [1.54, 1.807) is 16.6 Å². The van der Waals surface area contributed by atoms with Gasteiger partial charge in [0.05, 0.1) is 11.1 Å². The van der Waals surface area contributed by atoms with Crippen molar-refractivity contribution in [3.8, 4) is 5.75 Å². The Labute approximate surface area is 187 Å². The third-order valence-corrected chi connectivity index (χ3v) is 6.50. The number of hydrogen-bond acceptors (Lipinski definition) is 5. The molecule has 3 N–H and O–H groups in total. The second kappa shape index (κ2) is 9.88. The van der Waals surface area contributed by atoms with Crippen LogP contribution in [0.4, 0.5) is 0 Å². The summed E-state index contributed by atoms with van der Waals surface area (Å²) in [5.74, 6) is 1.17. The molecule has 1 aromatic heterocycles. The second-order valence-corrected chi connectivity index (χ2v) is 9.10. The van der Waals surface area contributed by atoms with Crippen molar-refractivity contribution in [1.29, 1.82) is 0 Å². The van der Waals surface area contributed by atoms with Crippen molar-refractivity contribution in [2.24, 2.45) is 12.8 Å². The summed E-state index contributed by atoms with van der Waals surface area (Å²) in [4.78, 5) is 1.09. The standard InChI is InChI=1S/C23H27ClN4OS/c1-28-15-20(14-26-28)30-27-9-10-29-19-7-5-17-6-8-23(25)22(21(17)13-19)12-16-3-2-4-18(24)11-16/h2-5,7,11,13-15,22-23,27H,6,8-10,12,25H2,1H3. The summed E-state index contributed by atoms with van der Waals surface area (Å²) in [7, 11) is 1.91. The van der Waals surface area contributed by atoms with E-state index in [0.717, 1.165) is 41.5 Å². The molecule has 0 aliphatic heterocycles. The predicted molar refractivity (Wildman–Crippen MR) is 123 cm³/mol. The van der Waals surface area contributed by atoms with Crippen LogP contribution < -0.4 is 15.2 Å². The summed E-state index contributed by atoms with van der Waals surface area (Å²) >= 11 is 7.75. The minimum Gasteiger partial charge on any atom is -0.492 e. The number of aromatic nitrogens is 2. The highest BCUT2D eigenvalue weighted by Crippen LogP contribution is 2.36. The average Bonchev–Trinajstić information content (AvgIpc) is 3.15. The van der Waals surface area contributed by atoms with Crippen LogP contribution in [0.5, 0.6) is 5.75 Å². The van der Waals surface area contributed by atoms with E-state index in [4.69, 9.17) is 22.1 Å². The molecule has 0 radical (unpaired) electrons. The number of halogens is 1. The van der Waals surface area contributed by atoms with E-state index in [1.165, 1.54) is 16.7 Å². The highest BCUT2D eigenvalue weighted by molar-refractivity contribution is 7.97. The quantitative estimate of drug-likeness (QED) is 0.401. The van der Waals surface area contributed by atoms with Crippen LogP contribution >= 0.6 is 23.5 Å². The number of fused-ring (bicyclic) bond motifs is 1. The van der Waals surface area contributed by atoms with Gasteiger partial charge in [0.2, 0.25) is 0 Å². The molecule has 30 heavy (non-hydrogen) atoms. The van der Waals surface area contributed by atoms with Gasteiger partial charge in [0.1, 0.15) is 12.4 Å². The van der Waals surface area contributed by atoms with Gasteiger partial charge in [-0.05, 0) is 72.2 Å². The molecule has 0 saturated heterocycles. The zero-order chi connectivity index (χ0) is 20.9. The van der Waals surface area contributed by atoms with E-state index in [9.17, 15) is 0 Å². The van der Waals surface area contributed by atoms with Gasteiger partial charge in [-0.2, -0.15) is 5.10 Å². The maximum absolute atomic E-state index is 6.53. The summed E-state index contributed by atoms with van der Waals surface area (Å²) < 4.78 is 11.1. The van der Waals surface area contributed by atoms with Gasteiger partial charge in [0, 0.05) is 36.8 Å². The molecule has 1 aliphatic rings. The molecule has 158 valence electrons. The SMILES string of the molecule is Cn1cc(SNCCOc2ccc3c(c2)C(Cc2cccc(Cl)c2)C(N)CC3)cn1. The molecule has 5 nitrogen and oxygen atoms in total. The molecule has 0 bridgehead atoms. The van der Waals surface area contributed by atoms with E-state index < -0.39 is 0 Å². The Kier molecular flexibility index (Phi) is 7.00. The largest absolute Gasteiger partial charge is 0.492 e. The van der Waals surface area contributed by atoms with Crippen molar-refractivity contribution in [3.63, 3.8) is 0 Å². The van der Waals surface area contributed by atoms with Crippen molar-refractivity contribution in [1.82, 2.24) is 14.5 Å². The minimum atomic E-state index is 0.143. The van der Waals surface area contributed by atoms with Gasteiger partial charge in [0.15, 0.2) is 0 Å². The lowest BCUT2D eigenvalue weighted by Crippen LogP contribution is -2.34. The highest BCUT2D eigenvalue weighted by Gasteiger charge is 2.27. The van der Waals surface area contributed by atoms with E-state index in [2.05, 4.69) is 34.1 Å². The number of benzene rings is 2. The van der Waals surface area contributed by atoms with Gasteiger partial charge in [-0.25, -0.2) is 0 Å². The molecule has 7 heteroatoms. The van der Waals surface area contributed by atoms with Crippen molar-refractivity contribution in [2.75, 3.05) is 13.2 Å². The molecule has 0 amide bonds. The molecular formula is C23H27ClN4OS. The van der Waals surface area contributed by atoms with Gasteiger partial charge >= 0.3 is 0 Å². The maximum atomic E-state index is 6.53. The summed E-state index contributed by atoms with van der Waals surface area (Å²) in [5.41, 5.74) is 10.4. The monoisotopic (exact) mass is 442 g/mol. The van der Waals surface area contributed by atoms with Crippen LogP contribution in [0.3, 0.4) is 0 Å². The molecule has 2 atom stereocenters. The summed E-state index contributed by atoms with van der Waals surface area (Å²) in [6, 6.07) is 14.7. The van der Waals surface area contributed by atoms with Crippen LogP contribution in [0.1, 0.15) is 29.0 Å². The van der Waals surface area contributed by atoms with Crippen molar-refractivity contribution >= 4 is 23.5 Å². The van der Waals surface area contributed by atoms with Crippen LogP contribution in [0.15, 0.2) is 59.8 Å². The fourth-order valence-corrected chi connectivity index (χ4v) is 4.84. The Balaban J connectivity index is 1.37. The average molecular weight is 443 g/mol. The maximum Gasteiger partial charge on any atom is 0.119 e. The number of nitrogens with zero attached hydrogens (tertiary/aromatic N) is 2. The van der Waals surface area contributed by atoms with Gasteiger partial charge < -0.3 is 10.5 Å². The van der Waals surface area contributed by atoms with Crippen molar-refractivity contribution < 1.29 is 4.74 Å². The number of aryl methyl sites for hydroxylation is 2. The van der Waals surface area contributed by atoms with Crippen LogP contribution in [0.25, 0.3) is 0 Å². The zero-order valence-electron chi connectivity index (χ0n) is 17.1. The van der Waals surface area contributed by atoms with Crippen LogP contribution in [-0.4, -0.2) is 29.0 Å². The third kappa shape index (κ3) is 5.38. The lowest BCUT2D eigenvalue weighted by atomic mass is 9.76. The normalized spacial score (nSPS) is 18.2. The van der Waals surface area contributed by atoms with Gasteiger partial charge in [-0.1, -0.05) is 29.8 Å². The molecule has 4 rings (SSSR count). The molecule has 0 fully saturated rings. The van der Waals surface area contributed by atoms with Crippen molar-refractivity contribution in [3.05, 3.63) is 76.6 Å². The molecule has 2 unspecified atom stereocenters. The molecule has 3 aromatic rings. The Hall–Kier alpha value is -1.99. The zero-order valence-corrected chi connectivity index (χ0v) is 18.6. The molecule has 0 saturated carbocycles. The number of hydrogen-bond donors (Lipinski definition) is 2. The molecule has 2 aromatic carbocycles. The fraction of sp³-hybridized carbons (Fsp3) is 0.348. The Bertz CT molecular complexity index is 993. The predicted octanol–water partition coefficient (Wildman–Crippen LogP) is 4.35. The molecule has 1 heterocycles. The number of ether oxygens (including phenoxy) is 1. The van der Waals surface area contributed by atoms with E-state index in [-0.39, 0.29) is 12.0 Å².